The van der Waals surface area contributed by atoms with Gasteiger partial charge in [0.05, 0.1) is 17.5 Å². The van der Waals surface area contributed by atoms with Gasteiger partial charge in [0, 0.05) is 6.04 Å². The number of hydrogen-bond acceptors (Lipinski definition) is 5. The Hall–Kier alpha value is -1.11. The Kier molecular flexibility index (Phi) is 6.48. The molecule has 0 unspecified atom stereocenters. The zero-order valence-electron chi connectivity index (χ0n) is 12.9. The summed E-state index contributed by atoms with van der Waals surface area (Å²) in [6.07, 6.45) is 7.34. The minimum absolute atomic E-state index is 0.135. The van der Waals surface area contributed by atoms with Crippen LogP contribution in [0.1, 0.15) is 64.2 Å². The minimum Gasteiger partial charge on any atom is -0.353 e. The number of amides is 1. The molecule has 1 aliphatic rings. The second-order valence-corrected chi connectivity index (χ2v) is 6.87. The highest BCUT2D eigenvalue weighted by Crippen LogP contribution is 2.18. The SMILES string of the molecule is CC(C)n1nnnc1CSCC(=O)NC1CCCCCC1. The molecule has 0 spiro atoms. The lowest BCUT2D eigenvalue weighted by Gasteiger charge is -2.16. The number of nitrogens with one attached hydrogen (secondary N) is 1. The standard InChI is InChI=1S/C14H25N5OS/c1-11(2)19-13(16-17-18-19)9-21-10-14(20)15-12-7-5-3-4-6-8-12/h11-12H,3-10H2,1-2H3,(H,15,20). The van der Waals surface area contributed by atoms with Gasteiger partial charge in [0.15, 0.2) is 5.82 Å². The fraction of sp³-hybridized carbons (Fsp3) is 0.857. The first-order valence-electron chi connectivity index (χ1n) is 7.80. The number of tetrazole rings is 1. The zero-order valence-corrected chi connectivity index (χ0v) is 13.7. The summed E-state index contributed by atoms with van der Waals surface area (Å²) >= 11 is 1.57. The fourth-order valence-corrected chi connectivity index (χ4v) is 3.38. The molecule has 6 nitrogen and oxygen atoms in total. The molecule has 1 aromatic heterocycles. The highest BCUT2D eigenvalue weighted by atomic mass is 32.2. The van der Waals surface area contributed by atoms with Crippen LogP contribution < -0.4 is 5.32 Å². The maximum absolute atomic E-state index is 12.0. The maximum atomic E-state index is 12.0. The Balaban J connectivity index is 1.70. The largest absolute Gasteiger partial charge is 0.353 e. The summed E-state index contributed by atoms with van der Waals surface area (Å²) in [4.78, 5) is 12.0. The van der Waals surface area contributed by atoms with Crippen molar-refractivity contribution in [3.63, 3.8) is 0 Å². The molecular formula is C14H25N5OS. The predicted octanol–water partition coefficient (Wildman–Crippen LogP) is 2.33. The number of thioether (sulfide) groups is 1. The van der Waals surface area contributed by atoms with Gasteiger partial charge in [-0.3, -0.25) is 4.79 Å². The Morgan fingerprint density at radius 2 is 2.05 bits per heavy atom. The molecule has 7 heteroatoms. The smallest absolute Gasteiger partial charge is 0.230 e. The first-order chi connectivity index (χ1) is 10.2. The maximum Gasteiger partial charge on any atom is 0.230 e. The van der Waals surface area contributed by atoms with Crippen LogP contribution in [0.3, 0.4) is 0 Å². The summed E-state index contributed by atoms with van der Waals surface area (Å²) in [5.74, 6) is 2.11. The van der Waals surface area contributed by atoms with Crippen molar-refractivity contribution < 1.29 is 4.79 Å². The van der Waals surface area contributed by atoms with Gasteiger partial charge in [-0.2, -0.15) is 0 Å². The molecule has 0 radical (unpaired) electrons. The van der Waals surface area contributed by atoms with E-state index in [4.69, 9.17) is 0 Å². The summed E-state index contributed by atoms with van der Waals surface area (Å²) in [5.41, 5.74) is 0. The molecule has 0 atom stereocenters. The van der Waals surface area contributed by atoms with Crippen molar-refractivity contribution in [1.29, 1.82) is 0 Å². The third kappa shape index (κ3) is 5.30. The van der Waals surface area contributed by atoms with Gasteiger partial charge in [-0.15, -0.1) is 16.9 Å². The number of aromatic nitrogens is 4. The molecule has 1 heterocycles. The zero-order chi connectivity index (χ0) is 15.1. The third-order valence-electron chi connectivity index (χ3n) is 3.73. The summed E-state index contributed by atoms with van der Waals surface area (Å²) in [5, 5.41) is 14.8. The first kappa shape index (κ1) is 16.3. The summed E-state index contributed by atoms with van der Waals surface area (Å²) in [6, 6.07) is 0.622. The van der Waals surface area contributed by atoms with Gasteiger partial charge in [0.25, 0.3) is 0 Å². The molecule has 2 rings (SSSR count). The highest BCUT2D eigenvalue weighted by Gasteiger charge is 2.15. The Morgan fingerprint density at radius 3 is 2.71 bits per heavy atom. The van der Waals surface area contributed by atoms with Gasteiger partial charge >= 0.3 is 0 Å². The van der Waals surface area contributed by atoms with Crippen LogP contribution in [0.25, 0.3) is 0 Å². The van der Waals surface area contributed by atoms with E-state index in [1.54, 1.807) is 16.4 Å². The Morgan fingerprint density at radius 1 is 1.33 bits per heavy atom. The minimum atomic E-state index is 0.135. The number of rotatable bonds is 6. The fourth-order valence-electron chi connectivity index (χ4n) is 2.64. The van der Waals surface area contributed by atoms with E-state index in [1.165, 1.54) is 25.7 Å². The van der Waals surface area contributed by atoms with E-state index in [0.717, 1.165) is 18.7 Å². The van der Waals surface area contributed by atoms with Crippen LogP contribution in [-0.2, 0) is 10.5 Å². The van der Waals surface area contributed by atoms with Crippen LogP contribution in [-0.4, -0.2) is 37.9 Å². The van der Waals surface area contributed by atoms with Crippen LogP contribution in [0.5, 0.6) is 0 Å². The second-order valence-electron chi connectivity index (χ2n) is 5.88. The van der Waals surface area contributed by atoms with Crippen LogP contribution >= 0.6 is 11.8 Å². The van der Waals surface area contributed by atoms with E-state index < -0.39 is 0 Å². The Labute approximate surface area is 130 Å². The van der Waals surface area contributed by atoms with Crippen molar-refractivity contribution in [1.82, 2.24) is 25.5 Å². The topological polar surface area (TPSA) is 72.7 Å². The van der Waals surface area contributed by atoms with Crippen molar-refractivity contribution in [2.75, 3.05) is 5.75 Å². The van der Waals surface area contributed by atoms with Crippen molar-refractivity contribution in [2.45, 2.75) is 70.2 Å². The molecule has 1 aliphatic carbocycles. The lowest BCUT2D eigenvalue weighted by Crippen LogP contribution is -2.35. The molecule has 0 aromatic carbocycles. The second kappa shape index (κ2) is 8.36. The average molecular weight is 311 g/mol. The van der Waals surface area contributed by atoms with Crippen LogP contribution in [0.2, 0.25) is 0 Å². The van der Waals surface area contributed by atoms with E-state index in [1.807, 2.05) is 13.8 Å². The number of carbonyl (C=O) groups excluding carboxylic acids is 1. The van der Waals surface area contributed by atoms with Gasteiger partial charge in [-0.25, -0.2) is 4.68 Å². The van der Waals surface area contributed by atoms with Crippen LogP contribution in [0, 0.1) is 0 Å². The molecule has 1 fully saturated rings. The molecule has 0 aliphatic heterocycles. The van der Waals surface area contributed by atoms with E-state index >= 15 is 0 Å². The van der Waals surface area contributed by atoms with Crippen molar-refractivity contribution >= 4 is 17.7 Å². The van der Waals surface area contributed by atoms with E-state index in [2.05, 4.69) is 20.8 Å². The van der Waals surface area contributed by atoms with Crippen LogP contribution in [0.4, 0.5) is 0 Å². The predicted molar refractivity (Wildman–Crippen MR) is 84.0 cm³/mol. The van der Waals surface area contributed by atoms with Gasteiger partial charge in [-0.1, -0.05) is 25.7 Å². The van der Waals surface area contributed by atoms with Gasteiger partial charge in [0.2, 0.25) is 5.91 Å². The molecule has 118 valence electrons. The average Bonchev–Trinajstić information content (AvgIpc) is 2.76. The van der Waals surface area contributed by atoms with E-state index in [0.29, 0.717) is 17.5 Å². The normalized spacial score (nSPS) is 16.9. The summed E-state index contributed by atoms with van der Waals surface area (Å²) < 4.78 is 1.80. The first-order valence-corrected chi connectivity index (χ1v) is 8.96. The van der Waals surface area contributed by atoms with Crippen LogP contribution in [0.15, 0.2) is 0 Å². The van der Waals surface area contributed by atoms with Crippen molar-refractivity contribution in [3.8, 4) is 0 Å². The molecule has 0 bridgehead atoms. The number of hydrogen-bond donors (Lipinski definition) is 1. The third-order valence-corrected chi connectivity index (χ3v) is 4.66. The number of nitrogens with zero attached hydrogens (tertiary/aromatic N) is 4. The number of carbonyl (C=O) groups is 1. The molecule has 1 N–H and O–H groups in total. The van der Waals surface area contributed by atoms with Crippen molar-refractivity contribution in [3.05, 3.63) is 5.82 Å². The van der Waals surface area contributed by atoms with E-state index in [-0.39, 0.29) is 11.9 Å². The summed E-state index contributed by atoms with van der Waals surface area (Å²) in [6.45, 7) is 4.09. The van der Waals surface area contributed by atoms with E-state index in [9.17, 15) is 4.79 Å². The molecular weight excluding hydrogens is 286 g/mol. The molecule has 1 amide bonds. The lowest BCUT2D eigenvalue weighted by atomic mass is 10.1. The molecule has 21 heavy (non-hydrogen) atoms. The molecule has 0 saturated heterocycles. The van der Waals surface area contributed by atoms with Gasteiger partial charge < -0.3 is 5.32 Å². The molecule has 1 saturated carbocycles. The Bertz CT molecular complexity index is 440. The summed E-state index contributed by atoms with van der Waals surface area (Å²) in [7, 11) is 0. The lowest BCUT2D eigenvalue weighted by molar-refractivity contribution is -0.119. The van der Waals surface area contributed by atoms with Gasteiger partial charge in [-0.05, 0) is 37.1 Å². The van der Waals surface area contributed by atoms with Crippen molar-refractivity contribution in [2.24, 2.45) is 0 Å². The monoisotopic (exact) mass is 311 g/mol. The quantitative estimate of drug-likeness (QED) is 0.816. The molecule has 1 aromatic rings. The highest BCUT2D eigenvalue weighted by molar-refractivity contribution is 7.99. The van der Waals surface area contributed by atoms with Gasteiger partial charge in [0.1, 0.15) is 0 Å².